The number of carbonyl (C=O) groups is 1. The molecule has 1 aromatic rings. The zero-order valence-corrected chi connectivity index (χ0v) is 12.7. The molecule has 3 nitrogen and oxygen atoms in total. The molecule has 1 atom stereocenters. The van der Waals surface area contributed by atoms with Gasteiger partial charge in [0.15, 0.2) is 0 Å². The van der Waals surface area contributed by atoms with Crippen molar-refractivity contribution < 1.29 is 14.3 Å². The molecule has 0 amide bonds. The van der Waals surface area contributed by atoms with Crippen molar-refractivity contribution in [2.45, 2.75) is 39.0 Å². The van der Waals surface area contributed by atoms with Crippen molar-refractivity contribution in [3.05, 3.63) is 22.7 Å². The van der Waals surface area contributed by atoms with Crippen LogP contribution in [0.1, 0.15) is 44.6 Å². The van der Waals surface area contributed by atoms with Gasteiger partial charge >= 0.3 is 0 Å². The van der Waals surface area contributed by atoms with Crippen molar-refractivity contribution in [2.24, 2.45) is 0 Å². The maximum atomic E-state index is 11.1. The molecule has 19 heavy (non-hydrogen) atoms. The Morgan fingerprint density at radius 1 is 1.26 bits per heavy atom. The lowest BCUT2D eigenvalue weighted by molar-refractivity contribution is -0.117. The fraction of sp³-hybridized carbons (Fsp3) is 0.533. The highest BCUT2D eigenvalue weighted by atomic mass is 35.5. The third-order valence-corrected chi connectivity index (χ3v) is 3.58. The van der Waals surface area contributed by atoms with E-state index < -0.39 is 0 Å². The molecule has 0 aliphatic carbocycles. The van der Waals surface area contributed by atoms with E-state index in [0.717, 1.165) is 24.2 Å². The summed E-state index contributed by atoms with van der Waals surface area (Å²) in [6.07, 6.45) is 2.32. The number of halogens is 1. The summed E-state index contributed by atoms with van der Waals surface area (Å²) in [4.78, 5) is 11.1. The van der Waals surface area contributed by atoms with Gasteiger partial charge in [-0.3, -0.25) is 0 Å². The van der Waals surface area contributed by atoms with Gasteiger partial charge in [-0.05, 0) is 37.3 Å². The van der Waals surface area contributed by atoms with Crippen LogP contribution in [0.25, 0.3) is 0 Å². The molecule has 0 saturated heterocycles. The summed E-state index contributed by atoms with van der Waals surface area (Å²) in [6.45, 7) is 3.72. The number of hydrogen-bond acceptors (Lipinski definition) is 3. The Bertz CT molecular complexity index is 443. The van der Waals surface area contributed by atoms with Crippen molar-refractivity contribution in [1.82, 2.24) is 0 Å². The van der Waals surface area contributed by atoms with Crippen LogP contribution in [0.5, 0.6) is 11.5 Å². The Morgan fingerprint density at radius 2 is 1.89 bits per heavy atom. The van der Waals surface area contributed by atoms with E-state index in [0.29, 0.717) is 17.2 Å². The molecule has 0 saturated carbocycles. The molecule has 1 rings (SSSR count). The van der Waals surface area contributed by atoms with Crippen LogP contribution in [0.2, 0.25) is 5.02 Å². The number of rotatable bonds is 7. The number of methoxy groups -OCH3 is 2. The molecule has 0 bridgehead atoms. The Morgan fingerprint density at radius 3 is 2.37 bits per heavy atom. The van der Waals surface area contributed by atoms with Crippen LogP contribution in [-0.2, 0) is 4.79 Å². The van der Waals surface area contributed by atoms with Gasteiger partial charge in [-0.15, -0.1) is 0 Å². The van der Waals surface area contributed by atoms with Crippen LogP contribution < -0.4 is 9.47 Å². The van der Waals surface area contributed by atoms with E-state index in [9.17, 15) is 4.79 Å². The minimum Gasteiger partial charge on any atom is -0.496 e. The molecule has 0 spiro atoms. The van der Waals surface area contributed by atoms with Crippen molar-refractivity contribution in [2.75, 3.05) is 14.2 Å². The topological polar surface area (TPSA) is 35.5 Å². The maximum Gasteiger partial charge on any atom is 0.141 e. The van der Waals surface area contributed by atoms with Gasteiger partial charge in [-0.25, -0.2) is 0 Å². The summed E-state index contributed by atoms with van der Waals surface area (Å²) >= 11 is 6.17. The molecule has 106 valence electrons. The number of benzene rings is 1. The molecule has 0 heterocycles. The van der Waals surface area contributed by atoms with E-state index in [4.69, 9.17) is 21.1 Å². The van der Waals surface area contributed by atoms with E-state index in [1.165, 1.54) is 0 Å². The Hall–Kier alpha value is -1.22. The molecule has 0 N–H and O–H groups in total. The van der Waals surface area contributed by atoms with E-state index in [-0.39, 0.29) is 11.7 Å². The van der Waals surface area contributed by atoms with Crippen LogP contribution in [0.15, 0.2) is 12.1 Å². The molecule has 0 fully saturated rings. The van der Waals surface area contributed by atoms with Crippen molar-refractivity contribution in [1.29, 1.82) is 0 Å². The van der Waals surface area contributed by atoms with Crippen LogP contribution in [0.3, 0.4) is 0 Å². The molecule has 0 aliphatic heterocycles. The number of Topliss-reactive ketones (excluding diaryl/α,β-unsaturated/α-hetero) is 1. The van der Waals surface area contributed by atoms with Crippen LogP contribution >= 0.6 is 11.6 Å². The van der Waals surface area contributed by atoms with Gasteiger partial charge in [0, 0.05) is 12.5 Å². The first-order valence-electron chi connectivity index (χ1n) is 6.44. The second-order valence-electron chi connectivity index (χ2n) is 4.57. The Kier molecular flexibility index (Phi) is 6.16. The lowest BCUT2D eigenvalue weighted by Gasteiger charge is -2.19. The van der Waals surface area contributed by atoms with Gasteiger partial charge in [0.25, 0.3) is 0 Å². The number of carbonyl (C=O) groups excluding carboxylic acids is 1. The molecule has 1 unspecified atom stereocenters. The molecule has 1 aromatic carbocycles. The smallest absolute Gasteiger partial charge is 0.141 e. The molecular formula is C15H21ClO3. The summed E-state index contributed by atoms with van der Waals surface area (Å²) in [5.41, 5.74) is 1.04. The average molecular weight is 285 g/mol. The zero-order valence-electron chi connectivity index (χ0n) is 12.0. The van der Waals surface area contributed by atoms with Gasteiger partial charge in [0.2, 0.25) is 0 Å². The number of ether oxygens (including phenoxy) is 2. The number of hydrogen-bond donors (Lipinski definition) is 0. The molecule has 0 aromatic heterocycles. The largest absolute Gasteiger partial charge is 0.496 e. The maximum absolute atomic E-state index is 11.1. The van der Waals surface area contributed by atoms with Gasteiger partial charge in [-0.2, -0.15) is 0 Å². The average Bonchev–Trinajstić information content (AvgIpc) is 2.39. The minimum absolute atomic E-state index is 0.206. The normalized spacial score (nSPS) is 12.1. The SMILES string of the molecule is CCC(CCC(C)=O)c1cc(Cl)c(OC)cc1OC. The third kappa shape index (κ3) is 4.13. The molecular weight excluding hydrogens is 264 g/mol. The monoisotopic (exact) mass is 284 g/mol. The third-order valence-electron chi connectivity index (χ3n) is 3.28. The zero-order chi connectivity index (χ0) is 14.4. The van der Waals surface area contributed by atoms with Crippen LogP contribution in [0.4, 0.5) is 0 Å². The van der Waals surface area contributed by atoms with E-state index in [1.54, 1.807) is 27.2 Å². The predicted octanol–water partition coefficient (Wildman–Crippen LogP) is 4.22. The van der Waals surface area contributed by atoms with Gasteiger partial charge < -0.3 is 14.3 Å². The first-order valence-corrected chi connectivity index (χ1v) is 6.82. The van der Waals surface area contributed by atoms with Crippen molar-refractivity contribution in [3.8, 4) is 11.5 Å². The van der Waals surface area contributed by atoms with E-state index in [2.05, 4.69) is 6.92 Å². The Labute approximate surface area is 119 Å². The highest BCUT2D eigenvalue weighted by molar-refractivity contribution is 6.32. The number of ketones is 1. The van der Waals surface area contributed by atoms with Gasteiger partial charge in [0.1, 0.15) is 17.3 Å². The molecule has 4 heteroatoms. The van der Waals surface area contributed by atoms with Gasteiger partial charge in [0.05, 0.1) is 19.2 Å². The minimum atomic E-state index is 0.206. The molecule has 0 radical (unpaired) electrons. The highest BCUT2D eigenvalue weighted by Crippen LogP contribution is 2.39. The summed E-state index contributed by atoms with van der Waals surface area (Å²) in [6, 6.07) is 3.68. The van der Waals surface area contributed by atoms with E-state index in [1.807, 2.05) is 6.07 Å². The van der Waals surface area contributed by atoms with Crippen molar-refractivity contribution >= 4 is 17.4 Å². The van der Waals surface area contributed by atoms with Crippen LogP contribution in [0, 0.1) is 0 Å². The van der Waals surface area contributed by atoms with Crippen LogP contribution in [-0.4, -0.2) is 20.0 Å². The lowest BCUT2D eigenvalue weighted by Crippen LogP contribution is -2.04. The first-order chi connectivity index (χ1) is 9.03. The molecule has 0 aliphatic rings. The fourth-order valence-electron chi connectivity index (χ4n) is 2.16. The summed E-state index contributed by atoms with van der Waals surface area (Å²) in [7, 11) is 3.21. The van der Waals surface area contributed by atoms with Crippen molar-refractivity contribution in [3.63, 3.8) is 0 Å². The second-order valence-corrected chi connectivity index (χ2v) is 4.98. The summed E-state index contributed by atoms with van der Waals surface area (Å²) in [5, 5.41) is 0.569. The second kappa shape index (κ2) is 7.39. The fourth-order valence-corrected chi connectivity index (χ4v) is 2.41. The predicted molar refractivity (Wildman–Crippen MR) is 77.5 cm³/mol. The highest BCUT2D eigenvalue weighted by Gasteiger charge is 2.18. The standard InChI is InChI=1S/C15H21ClO3/c1-5-11(7-6-10(2)17)12-8-13(16)15(19-4)9-14(12)18-3/h8-9,11H,5-7H2,1-4H3. The van der Waals surface area contributed by atoms with E-state index >= 15 is 0 Å². The summed E-state index contributed by atoms with van der Waals surface area (Å²) in [5.74, 6) is 1.83. The summed E-state index contributed by atoms with van der Waals surface area (Å²) < 4.78 is 10.6. The van der Waals surface area contributed by atoms with Gasteiger partial charge in [-0.1, -0.05) is 18.5 Å². The first kappa shape index (κ1) is 15.8. The Balaban J connectivity index is 3.07. The lowest BCUT2D eigenvalue weighted by atomic mass is 9.90. The quantitative estimate of drug-likeness (QED) is 0.752.